The summed E-state index contributed by atoms with van der Waals surface area (Å²) in [5.74, 6) is 0. The van der Waals surface area contributed by atoms with E-state index in [0.29, 0.717) is 5.46 Å². The molecule has 0 unspecified atom stereocenters. The summed E-state index contributed by atoms with van der Waals surface area (Å²) in [7, 11) is 6.41. The van der Waals surface area contributed by atoms with Crippen LogP contribution in [0, 0.1) is 0 Å². The monoisotopic (exact) mass is 310 g/mol. The van der Waals surface area contributed by atoms with Gasteiger partial charge in [0.15, 0.2) is 0 Å². The third kappa shape index (κ3) is 4.61. The molecule has 4 nitrogen and oxygen atoms in total. The van der Waals surface area contributed by atoms with Crippen LogP contribution in [-0.2, 0) is 0 Å². The first kappa shape index (κ1) is 17.1. The molecule has 0 aliphatic rings. The number of hydrogen-bond acceptors (Lipinski definition) is 4. The van der Waals surface area contributed by atoms with Crippen molar-refractivity contribution < 1.29 is 10.0 Å². The molecule has 0 amide bonds. The highest BCUT2D eigenvalue weighted by atomic mass is 16.4. The Morgan fingerprint density at radius 1 is 0.739 bits per heavy atom. The Kier molecular flexibility index (Phi) is 5.47. The van der Waals surface area contributed by atoms with E-state index in [9.17, 15) is 10.0 Å². The van der Waals surface area contributed by atoms with Crippen LogP contribution in [0.5, 0.6) is 0 Å². The summed E-state index contributed by atoms with van der Waals surface area (Å²) in [5, 5.41) is 18.9. The van der Waals surface area contributed by atoms with Crippen molar-refractivity contribution in [1.82, 2.24) is 0 Å². The fraction of sp³-hybridized carbons (Fsp3) is 0.222. The Labute approximate surface area is 138 Å². The molecular formula is C18H23BN2O2. The van der Waals surface area contributed by atoms with Crippen LogP contribution in [0.3, 0.4) is 0 Å². The van der Waals surface area contributed by atoms with Gasteiger partial charge in [-0.15, -0.1) is 0 Å². The average molecular weight is 310 g/mol. The molecule has 2 rings (SSSR count). The standard InChI is InChI=1S/C18H23BN2O2/c1-20(2)17-9-7-14(8-10-17)5-6-15-11-16(19(22)23)13-18(12-15)21(3)4/h5-13,22-23H,1-4H3/b6-5+. The van der Waals surface area contributed by atoms with Gasteiger partial charge in [0.05, 0.1) is 0 Å². The number of anilines is 2. The highest BCUT2D eigenvalue weighted by molar-refractivity contribution is 6.58. The summed E-state index contributed by atoms with van der Waals surface area (Å²) >= 11 is 0. The molecule has 0 aliphatic heterocycles. The zero-order valence-corrected chi connectivity index (χ0v) is 14.1. The Morgan fingerprint density at radius 3 is 1.83 bits per heavy atom. The van der Waals surface area contributed by atoms with Crippen LogP contribution in [0.4, 0.5) is 11.4 Å². The Morgan fingerprint density at radius 2 is 1.30 bits per heavy atom. The van der Waals surface area contributed by atoms with Gasteiger partial charge < -0.3 is 19.8 Å². The van der Waals surface area contributed by atoms with Crippen molar-refractivity contribution in [3.05, 3.63) is 53.6 Å². The number of hydrogen-bond donors (Lipinski definition) is 2. The molecule has 0 aromatic heterocycles. The van der Waals surface area contributed by atoms with E-state index in [1.54, 1.807) is 12.1 Å². The zero-order chi connectivity index (χ0) is 17.0. The fourth-order valence-electron chi connectivity index (χ4n) is 2.24. The molecule has 2 aromatic carbocycles. The molecule has 2 aromatic rings. The molecule has 120 valence electrons. The van der Waals surface area contributed by atoms with Gasteiger partial charge in [-0.2, -0.15) is 0 Å². The summed E-state index contributed by atoms with van der Waals surface area (Å²) in [5.41, 5.74) is 4.59. The predicted molar refractivity (Wildman–Crippen MR) is 100 cm³/mol. The van der Waals surface area contributed by atoms with Gasteiger partial charge in [-0.05, 0) is 40.9 Å². The van der Waals surface area contributed by atoms with E-state index < -0.39 is 7.12 Å². The maximum absolute atomic E-state index is 9.43. The lowest BCUT2D eigenvalue weighted by Crippen LogP contribution is -2.30. The average Bonchev–Trinajstić information content (AvgIpc) is 2.52. The minimum Gasteiger partial charge on any atom is -0.423 e. The van der Waals surface area contributed by atoms with Crippen LogP contribution in [-0.4, -0.2) is 45.4 Å². The van der Waals surface area contributed by atoms with Crippen molar-refractivity contribution >= 4 is 36.1 Å². The van der Waals surface area contributed by atoms with Gasteiger partial charge in [-0.25, -0.2) is 0 Å². The minimum absolute atomic E-state index is 0.485. The lowest BCUT2D eigenvalue weighted by molar-refractivity contribution is 0.426. The molecule has 23 heavy (non-hydrogen) atoms. The highest BCUT2D eigenvalue weighted by Gasteiger charge is 2.13. The first-order chi connectivity index (χ1) is 10.9. The van der Waals surface area contributed by atoms with Crippen molar-refractivity contribution in [1.29, 1.82) is 0 Å². The summed E-state index contributed by atoms with van der Waals surface area (Å²) in [6, 6.07) is 13.8. The van der Waals surface area contributed by atoms with Gasteiger partial charge in [-0.3, -0.25) is 0 Å². The van der Waals surface area contributed by atoms with Gasteiger partial charge in [0, 0.05) is 39.6 Å². The van der Waals surface area contributed by atoms with Gasteiger partial charge >= 0.3 is 7.12 Å². The molecular weight excluding hydrogens is 287 g/mol. The van der Waals surface area contributed by atoms with Gasteiger partial charge in [-0.1, -0.05) is 30.4 Å². The molecule has 0 saturated heterocycles. The van der Waals surface area contributed by atoms with Crippen LogP contribution in [0.2, 0.25) is 0 Å². The molecule has 0 bridgehead atoms. The maximum atomic E-state index is 9.43. The minimum atomic E-state index is -1.47. The van der Waals surface area contributed by atoms with E-state index in [1.807, 2.05) is 51.3 Å². The van der Waals surface area contributed by atoms with E-state index in [2.05, 4.69) is 29.2 Å². The molecule has 0 atom stereocenters. The van der Waals surface area contributed by atoms with Gasteiger partial charge in [0.25, 0.3) is 0 Å². The normalized spacial score (nSPS) is 10.9. The molecule has 0 spiro atoms. The maximum Gasteiger partial charge on any atom is 0.488 e. The quantitative estimate of drug-likeness (QED) is 0.651. The molecule has 0 saturated carbocycles. The Balaban J connectivity index is 2.27. The van der Waals surface area contributed by atoms with E-state index in [0.717, 1.165) is 22.5 Å². The molecule has 0 radical (unpaired) electrons. The topological polar surface area (TPSA) is 46.9 Å². The summed E-state index contributed by atoms with van der Waals surface area (Å²) in [6.45, 7) is 0. The molecule has 0 aliphatic carbocycles. The van der Waals surface area contributed by atoms with Crippen LogP contribution in [0.15, 0.2) is 42.5 Å². The van der Waals surface area contributed by atoms with E-state index in [1.165, 1.54) is 0 Å². The smallest absolute Gasteiger partial charge is 0.423 e. The second-order valence-electron chi connectivity index (χ2n) is 5.95. The van der Waals surface area contributed by atoms with Crippen LogP contribution < -0.4 is 15.3 Å². The van der Waals surface area contributed by atoms with E-state index in [-0.39, 0.29) is 0 Å². The third-order valence-electron chi connectivity index (χ3n) is 3.65. The molecule has 5 heteroatoms. The van der Waals surface area contributed by atoms with Crippen molar-refractivity contribution in [2.45, 2.75) is 0 Å². The van der Waals surface area contributed by atoms with Crippen molar-refractivity contribution in [3.8, 4) is 0 Å². The van der Waals surface area contributed by atoms with Crippen LogP contribution in [0.1, 0.15) is 11.1 Å². The number of rotatable bonds is 5. The van der Waals surface area contributed by atoms with E-state index >= 15 is 0 Å². The Bertz CT molecular complexity index is 654. The third-order valence-corrected chi connectivity index (χ3v) is 3.65. The lowest BCUT2D eigenvalue weighted by Gasteiger charge is -2.15. The van der Waals surface area contributed by atoms with Gasteiger partial charge in [0.2, 0.25) is 0 Å². The molecule has 2 N–H and O–H groups in total. The van der Waals surface area contributed by atoms with E-state index in [4.69, 9.17) is 0 Å². The lowest BCUT2D eigenvalue weighted by atomic mass is 9.79. The summed E-state index contributed by atoms with van der Waals surface area (Å²) in [4.78, 5) is 4.00. The number of benzene rings is 2. The van der Waals surface area contributed by atoms with Crippen LogP contribution in [0.25, 0.3) is 12.2 Å². The van der Waals surface area contributed by atoms with Gasteiger partial charge in [0.1, 0.15) is 0 Å². The SMILES string of the molecule is CN(C)c1ccc(/C=C/c2cc(B(O)O)cc(N(C)C)c2)cc1. The van der Waals surface area contributed by atoms with Crippen molar-refractivity contribution in [2.24, 2.45) is 0 Å². The number of nitrogens with zero attached hydrogens (tertiary/aromatic N) is 2. The first-order valence-corrected chi connectivity index (χ1v) is 7.51. The summed E-state index contributed by atoms with van der Waals surface area (Å²) in [6.07, 6.45) is 3.99. The second-order valence-corrected chi connectivity index (χ2v) is 5.95. The zero-order valence-electron chi connectivity index (χ0n) is 14.1. The predicted octanol–water partition coefficient (Wildman–Crippen LogP) is 1.67. The Hall–Kier alpha value is -2.24. The fourth-order valence-corrected chi connectivity index (χ4v) is 2.24. The summed E-state index contributed by atoms with van der Waals surface area (Å²) < 4.78 is 0. The molecule has 0 heterocycles. The van der Waals surface area contributed by atoms with Crippen LogP contribution >= 0.6 is 0 Å². The second kappa shape index (κ2) is 7.35. The van der Waals surface area contributed by atoms with Crippen molar-refractivity contribution in [3.63, 3.8) is 0 Å². The van der Waals surface area contributed by atoms with Crippen molar-refractivity contribution in [2.75, 3.05) is 38.0 Å². The highest BCUT2D eigenvalue weighted by Crippen LogP contribution is 2.17. The first-order valence-electron chi connectivity index (χ1n) is 7.51. The largest absolute Gasteiger partial charge is 0.488 e. The molecule has 0 fully saturated rings.